The van der Waals surface area contributed by atoms with Crippen LogP contribution >= 0.6 is 0 Å². The third kappa shape index (κ3) is 11.5. The van der Waals surface area contributed by atoms with Crippen molar-refractivity contribution in [1.82, 2.24) is 10.6 Å². The number of alkyl halides is 3. The molecule has 0 saturated carbocycles. The monoisotopic (exact) mass is 270 g/mol. The molecule has 0 aromatic rings. The van der Waals surface area contributed by atoms with Crippen molar-refractivity contribution in [3.63, 3.8) is 0 Å². The standard InChI is InChI=1S/C11H21F3N2O2/c1-8(15-6-5-11(12,13)14)7-16-9(17)18-10(2,3)4/h8,15H,5-7H2,1-4H3,(H,16,17). The zero-order valence-electron chi connectivity index (χ0n) is 11.1. The van der Waals surface area contributed by atoms with E-state index in [4.69, 9.17) is 4.74 Å². The first kappa shape index (κ1) is 17.0. The molecule has 7 heteroatoms. The van der Waals surface area contributed by atoms with Crippen molar-refractivity contribution in [2.75, 3.05) is 13.1 Å². The van der Waals surface area contributed by atoms with Crippen LogP contribution in [0, 0.1) is 0 Å². The highest BCUT2D eigenvalue weighted by Gasteiger charge is 2.26. The number of carbonyl (C=O) groups excluding carboxylic acids is 1. The first-order valence-corrected chi connectivity index (χ1v) is 5.76. The van der Waals surface area contributed by atoms with E-state index in [1.54, 1.807) is 27.7 Å². The van der Waals surface area contributed by atoms with Gasteiger partial charge in [-0.2, -0.15) is 13.2 Å². The van der Waals surface area contributed by atoms with Gasteiger partial charge in [0, 0.05) is 19.1 Å². The summed E-state index contributed by atoms with van der Waals surface area (Å²) in [5, 5.41) is 5.15. The first-order valence-electron chi connectivity index (χ1n) is 5.76. The molecule has 1 amide bonds. The van der Waals surface area contributed by atoms with Crippen molar-refractivity contribution in [2.45, 2.75) is 51.9 Å². The van der Waals surface area contributed by atoms with Crippen molar-refractivity contribution in [3.8, 4) is 0 Å². The number of rotatable bonds is 5. The minimum Gasteiger partial charge on any atom is -0.444 e. The zero-order chi connectivity index (χ0) is 14.4. The second-order valence-corrected chi connectivity index (χ2v) is 5.10. The Labute approximate surface area is 105 Å². The number of amides is 1. The average molecular weight is 270 g/mol. The number of hydrogen-bond donors (Lipinski definition) is 2. The van der Waals surface area contributed by atoms with Crippen LogP contribution in [0.4, 0.5) is 18.0 Å². The van der Waals surface area contributed by atoms with E-state index in [9.17, 15) is 18.0 Å². The summed E-state index contributed by atoms with van der Waals surface area (Å²) < 4.78 is 40.6. The van der Waals surface area contributed by atoms with Crippen molar-refractivity contribution < 1.29 is 22.7 Å². The Morgan fingerprint density at radius 2 is 1.83 bits per heavy atom. The second kappa shape index (κ2) is 6.82. The molecule has 0 bridgehead atoms. The Hall–Kier alpha value is -0.980. The van der Waals surface area contributed by atoms with Crippen molar-refractivity contribution in [1.29, 1.82) is 0 Å². The fourth-order valence-electron chi connectivity index (χ4n) is 1.08. The van der Waals surface area contributed by atoms with Gasteiger partial charge in [-0.05, 0) is 27.7 Å². The van der Waals surface area contributed by atoms with E-state index in [1.807, 2.05) is 0 Å². The van der Waals surface area contributed by atoms with Gasteiger partial charge in [0.1, 0.15) is 5.60 Å². The van der Waals surface area contributed by atoms with E-state index >= 15 is 0 Å². The highest BCUT2D eigenvalue weighted by atomic mass is 19.4. The Balaban J connectivity index is 3.71. The summed E-state index contributed by atoms with van der Waals surface area (Å²) in [5.74, 6) is 0. The first-order chi connectivity index (χ1) is 7.99. The maximum atomic E-state index is 11.9. The second-order valence-electron chi connectivity index (χ2n) is 5.10. The lowest BCUT2D eigenvalue weighted by Crippen LogP contribution is -2.42. The Morgan fingerprint density at radius 1 is 1.28 bits per heavy atom. The van der Waals surface area contributed by atoms with E-state index in [-0.39, 0.29) is 19.1 Å². The normalized spacial score (nSPS) is 14.2. The molecule has 1 atom stereocenters. The van der Waals surface area contributed by atoms with E-state index < -0.39 is 24.3 Å². The van der Waals surface area contributed by atoms with Crippen LogP contribution in [-0.2, 0) is 4.74 Å². The number of hydrogen-bond acceptors (Lipinski definition) is 3. The van der Waals surface area contributed by atoms with Gasteiger partial charge in [0.05, 0.1) is 6.42 Å². The van der Waals surface area contributed by atoms with Crippen LogP contribution in [0.25, 0.3) is 0 Å². The molecule has 0 aliphatic carbocycles. The summed E-state index contributed by atoms with van der Waals surface area (Å²) in [6, 6.07) is -0.250. The van der Waals surface area contributed by atoms with Crippen LogP contribution < -0.4 is 10.6 Å². The zero-order valence-corrected chi connectivity index (χ0v) is 11.1. The maximum Gasteiger partial charge on any atom is 0.407 e. The molecular weight excluding hydrogens is 249 g/mol. The van der Waals surface area contributed by atoms with E-state index in [0.29, 0.717) is 0 Å². The van der Waals surface area contributed by atoms with Gasteiger partial charge in [-0.25, -0.2) is 4.79 Å². The van der Waals surface area contributed by atoms with E-state index in [2.05, 4.69) is 10.6 Å². The largest absolute Gasteiger partial charge is 0.444 e. The predicted octanol–water partition coefficient (Wildman–Crippen LogP) is 2.44. The van der Waals surface area contributed by atoms with Crippen LogP contribution in [-0.4, -0.2) is 37.0 Å². The molecule has 18 heavy (non-hydrogen) atoms. The van der Waals surface area contributed by atoms with Gasteiger partial charge in [-0.3, -0.25) is 0 Å². The molecule has 0 aromatic heterocycles. The molecular formula is C11H21F3N2O2. The topological polar surface area (TPSA) is 50.4 Å². The summed E-state index contributed by atoms with van der Waals surface area (Å²) >= 11 is 0. The number of alkyl carbamates (subject to hydrolysis) is 1. The van der Waals surface area contributed by atoms with Crippen molar-refractivity contribution in [2.24, 2.45) is 0 Å². The quantitative estimate of drug-likeness (QED) is 0.806. The molecule has 0 fully saturated rings. The summed E-state index contributed by atoms with van der Waals surface area (Å²) in [6.45, 7) is 6.94. The highest BCUT2D eigenvalue weighted by molar-refractivity contribution is 5.67. The summed E-state index contributed by atoms with van der Waals surface area (Å²) in [4.78, 5) is 11.3. The van der Waals surface area contributed by atoms with Crippen LogP contribution in [0.1, 0.15) is 34.1 Å². The number of ether oxygens (including phenoxy) is 1. The minimum absolute atomic E-state index is 0.166. The fraction of sp³-hybridized carbons (Fsp3) is 0.909. The number of nitrogens with one attached hydrogen (secondary N) is 2. The van der Waals surface area contributed by atoms with Crippen LogP contribution in [0.5, 0.6) is 0 Å². The van der Waals surface area contributed by atoms with Crippen molar-refractivity contribution in [3.05, 3.63) is 0 Å². The molecule has 0 rings (SSSR count). The lowest BCUT2D eigenvalue weighted by Gasteiger charge is -2.21. The maximum absolute atomic E-state index is 11.9. The Kier molecular flexibility index (Phi) is 6.45. The highest BCUT2D eigenvalue weighted by Crippen LogP contribution is 2.18. The van der Waals surface area contributed by atoms with Crippen LogP contribution in [0.15, 0.2) is 0 Å². The molecule has 0 aliphatic rings. The molecule has 0 aromatic carbocycles. The van der Waals surface area contributed by atoms with Gasteiger partial charge in [0.15, 0.2) is 0 Å². The minimum atomic E-state index is -4.16. The third-order valence-corrected chi connectivity index (χ3v) is 1.85. The number of halogens is 3. The molecule has 108 valence electrons. The van der Waals surface area contributed by atoms with Gasteiger partial charge in [-0.1, -0.05) is 0 Å². The Bertz CT molecular complexity index is 262. The SMILES string of the molecule is CC(CNC(=O)OC(C)(C)C)NCCC(F)(F)F. The molecule has 0 spiro atoms. The predicted molar refractivity (Wildman–Crippen MR) is 62.4 cm³/mol. The lowest BCUT2D eigenvalue weighted by molar-refractivity contribution is -0.133. The summed E-state index contributed by atoms with van der Waals surface area (Å²) in [6.07, 6.45) is -5.62. The fourth-order valence-corrected chi connectivity index (χ4v) is 1.08. The number of carbonyl (C=O) groups is 1. The van der Waals surface area contributed by atoms with Gasteiger partial charge in [0.2, 0.25) is 0 Å². The van der Waals surface area contributed by atoms with Crippen molar-refractivity contribution >= 4 is 6.09 Å². The molecule has 0 radical (unpaired) electrons. The van der Waals surface area contributed by atoms with Gasteiger partial charge in [-0.15, -0.1) is 0 Å². The molecule has 0 heterocycles. The average Bonchev–Trinajstić information content (AvgIpc) is 2.09. The van der Waals surface area contributed by atoms with Gasteiger partial charge < -0.3 is 15.4 Å². The Morgan fingerprint density at radius 3 is 2.28 bits per heavy atom. The smallest absolute Gasteiger partial charge is 0.407 e. The van der Waals surface area contributed by atoms with E-state index in [0.717, 1.165) is 0 Å². The summed E-state index contributed by atoms with van der Waals surface area (Å²) in [5.41, 5.74) is -0.586. The molecule has 1 unspecified atom stereocenters. The van der Waals surface area contributed by atoms with Gasteiger partial charge in [0.25, 0.3) is 0 Å². The lowest BCUT2D eigenvalue weighted by atomic mass is 10.2. The van der Waals surface area contributed by atoms with Crippen LogP contribution in [0.3, 0.4) is 0 Å². The van der Waals surface area contributed by atoms with E-state index in [1.165, 1.54) is 0 Å². The molecule has 0 saturated heterocycles. The summed E-state index contributed by atoms with van der Waals surface area (Å²) in [7, 11) is 0. The molecule has 0 aliphatic heterocycles. The molecule has 2 N–H and O–H groups in total. The van der Waals surface area contributed by atoms with Gasteiger partial charge >= 0.3 is 12.3 Å². The van der Waals surface area contributed by atoms with Crippen LogP contribution in [0.2, 0.25) is 0 Å². The molecule has 4 nitrogen and oxygen atoms in total. The third-order valence-electron chi connectivity index (χ3n) is 1.85.